The Balaban J connectivity index is 1.72. The molecule has 0 aromatic carbocycles. The van der Waals surface area contributed by atoms with E-state index >= 15 is 0 Å². The van der Waals surface area contributed by atoms with Gasteiger partial charge >= 0.3 is 6.03 Å². The van der Waals surface area contributed by atoms with Crippen molar-refractivity contribution in [2.24, 2.45) is 0 Å². The van der Waals surface area contributed by atoms with E-state index in [4.69, 9.17) is 0 Å². The van der Waals surface area contributed by atoms with Gasteiger partial charge in [-0.15, -0.1) is 0 Å². The van der Waals surface area contributed by atoms with Crippen LogP contribution in [0.15, 0.2) is 0 Å². The van der Waals surface area contributed by atoms with Crippen LogP contribution in [0.4, 0.5) is 4.79 Å². The zero-order valence-electron chi connectivity index (χ0n) is 10.1. The van der Waals surface area contributed by atoms with Crippen LogP contribution in [0, 0.1) is 0 Å². The highest BCUT2D eigenvalue weighted by Crippen LogP contribution is 2.21. The molecule has 0 saturated carbocycles. The summed E-state index contributed by atoms with van der Waals surface area (Å²) < 4.78 is 26.4. The van der Waals surface area contributed by atoms with Crippen molar-refractivity contribution < 1.29 is 13.2 Å². The molecule has 0 bridgehead atoms. The molecule has 3 saturated heterocycles. The lowest BCUT2D eigenvalue weighted by Crippen LogP contribution is -2.55. The van der Waals surface area contributed by atoms with E-state index in [0.29, 0.717) is 39.1 Å². The first-order chi connectivity index (χ1) is 8.59. The van der Waals surface area contributed by atoms with Gasteiger partial charge in [-0.1, -0.05) is 0 Å². The van der Waals surface area contributed by atoms with Gasteiger partial charge in [0.15, 0.2) is 0 Å². The van der Waals surface area contributed by atoms with Crippen molar-refractivity contribution in [1.82, 2.24) is 19.8 Å². The molecule has 0 spiro atoms. The van der Waals surface area contributed by atoms with Crippen molar-refractivity contribution in [3.05, 3.63) is 0 Å². The number of nitrogens with one attached hydrogen (secondary N) is 2. The zero-order valence-corrected chi connectivity index (χ0v) is 10.9. The van der Waals surface area contributed by atoms with E-state index < -0.39 is 10.0 Å². The Morgan fingerprint density at radius 3 is 2.78 bits per heavy atom. The van der Waals surface area contributed by atoms with Gasteiger partial charge < -0.3 is 15.5 Å². The molecule has 7 nitrogen and oxygen atoms in total. The van der Waals surface area contributed by atoms with Gasteiger partial charge in [0.25, 0.3) is 0 Å². The first-order valence-corrected chi connectivity index (χ1v) is 7.83. The van der Waals surface area contributed by atoms with Crippen LogP contribution in [-0.2, 0) is 10.0 Å². The van der Waals surface area contributed by atoms with Crippen molar-refractivity contribution in [3.63, 3.8) is 0 Å². The average Bonchev–Trinajstić information content (AvgIpc) is 2.99. The third kappa shape index (κ3) is 1.88. The maximum atomic E-state index is 12.4. The Labute approximate surface area is 107 Å². The number of rotatable bonds is 2. The molecule has 3 rings (SSSR count). The monoisotopic (exact) mass is 274 g/mol. The summed E-state index contributed by atoms with van der Waals surface area (Å²) in [5.41, 5.74) is 0. The molecule has 3 heterocycles. The molecule has 2 N–H and O–H groups in total. The first kappa shape index (κ1) is 12.2. The number of carbonyl (C=O) groups is 1. The minimum absolute atomic E-state index is 0.00427. The highest BCUT2D eigenvalue weighted by molar-refractivity contribution is 7.89. The quantitative estimate of drug-likeness (QED) is 0.634. The van der Waals surface area contributed by atoms with Gasteiger partial charge in [-0.2, -0.15) is 4.31 Å². The fraction of sp³-hybridized carbons (Fsp3) is 0.900. The van der Waals surface area contributed by atoms with E-state index in [1.807, 2.05) is 0 Å². The van der Waals surface area contributed by atoms with Gasteiger partial charge in [-0.05, 0) is 13.0 Å². The van der Waals surface area contributed by atoms with Gasteiger partial charge in [0.1, 0.15) is 0 Å². The number of piperazine rings is 1. The zero-order chi connectivity index (χ0) is 12.8. The highest BCUT2D eigenvalue weighted by Gasteiger charge is 2.42. The number of sulfonamides is 1. The third-order valence-electron chi connectivity index (χ3n) is 3.99. The smallest absolute Gasteiger partial charge is 0.317 e. The molecule has 0 aromatic rings. The minimum Gasteiger partial charge on any atom is -0.336 e. The second-order valence-corrected chi connectivity index (χ2v) is 7.26. The summed E-state index contributed by atoms with van der Waals surface area (Å²) in [6.45, 7) is 3.21. The number of hydrogen-bond acceptors (Lipinski definition) is 4. The summed E-state index contributed by atoms with van der Waals surface area (Å²) in [6, 6.07) is -0.0741. The van der Waals surface area contributed by atoms with Crippen molar-refractivity contribution in [2.75, 3.05) is 39.3 Å². The molecule has 0 radical (unpaired) electrons. The van der Waals surface area contributed by atoms with Crippen LogP contribution in [-0.4, -0.2) is 74.2 Å². The van der Waals surface area contributed by atoms with Crippen molar-refractivity contribution in [1.29, 1.82) is 0 Å². The van der Waals surface area contributed by atoms with Gasteiger partial charge in [0.2, 0.25) is 10.0 Å². The van der Waals surface area contributed by atoms with E-state index in [9.17, 15) is 13.2 Å². The Morgan fingerprint density at radius 1 is 1.22 bits per heavy atom. The molecule has 18 heavy (non-hydrogen) atoms. The summed E-state index contributed by atoms with van der Waals surface area (Å²) in [6.07, 6.45) is 0.685. The van der Waals surface area contributed by atoms with Gasteiger partial charge in [0, 0.05) is 32.7 Å². The molecule has 3 aliphatic rings. The maximum absolute atomic E-state index is 12.4. The molecule has 3 aliphatic heterocycles. The van der Waals surface area contributed by atoms with E-state index in [0.717, 1.165) is 6.54 Å². The van der Waals surface area contributed by atoms with Crippen LogP contribution in [0.1, 0.15) is 6.42 Å². The van der Waals surface area contributed by atoms with Crippen molar-refractivity contribution in [3.8, 4) is 0 Å². The largest absolute Gasteiger partial charge is 0.336 e. The normalized spacial score (nSPS) is 33.6. The SMILES string of the molecule is O=C1NCC2CN(S(=O)(=O)C3CCNC3)CCN12. The Bertz CT molecular complexity index is 446. The summed E-state index contributed by atoms with van der Waals surface area (Å²) >= 11 is 0. The second-order valence-electron chi connectivity index (χ2n) is 5.05. The standard InChI is InChI=1S/C10H18N4O3S/c15-10-12-5-8-7-13(3-4-14(8)10)18(16,17)9-1-2-11-6-9/h8-9,11H,1-7H2,(H,12,15). The lowest BCUT2D eigenvalue weighted by Gasteiger charge is -2.36. The number of urea groups is 1. The van der Waals surface area contributed by atoms with Gasteiger partial charge in [0.05, 0.1) is 11.3 Å². The van der Waals surface area contributed by atoms with Crippen LogP contribution in [0.3, 0.4) is 0 Å². The predicted molar refractivity (Wildman–Crippen MR) is 65.7 cm³/mol. The van der Waals surface area contributed by atoms with E-state index in [-0.39, 0.29) is 17.3 Å². The van der Waals surface area contributed by atoms with Gasteiger partial charge in [-0.25, -0.2) is 13.2 Å². The Kier molecular flexibility index (Phi) is 2.95. The number of carbonyl (C=O) groups excluding carboxylic acids is 1. The van der Waals surface area contributed by atoms with E-state index in [1.165, 1.54) is 0 Å². The highest BCUT2D eigenvalue weighted by atomic mass is 32.2. The molecule has 3 fully saturated rings. The molecule has 2 amide bonds. The number of hydrogen-bond donors (Lipinski definition) is 2. The van der Waals surface area contributed by atoms with Gasteiger partial charge in [-0.3, -0.25) is 0 Å². The molecular weight excluding hydrogens is 256 g/mol. The lowest BCUT2D eigenvalue weighted by atomic mass is 10.2. The molecule has 8 heteroatoms. The molecule has 2 unspecified atom stereocenters. The Morgan fingerprint density at radius 2 is 2.06 bits per heavy atom. The molecule has 0 aromatic heterocycles. The molecule has 0 aliphatic carbocycles. The van der Waals surface area contributed by atoms with Crippen molar-refractivity contribution in [2.45, 2.75) is 17.7 Å². The Hall–Kier alpha value is -0.860. The minimum atomic E-state index is -3.21. The van der Waals surface area contributed by atoms with Crippen molar-refractivity contribution >= 4 is 16.1 Å². The fourth-order valence-corrected chi connectivity index (χ4v) is 4.78. The molecule has 2 atom stereocenters. The molecule has 102 valence electrons. The predicted octanol–water partition coefficient (Wildman–Crippen LogP) is -1.61. The summed E-state index contributed by atoms with van der Waals surface area (Å²) in [4.78, 5) is 13.2. The maximum Gasteiger partial charge on any atom is 0.317 e. The molecular formula is C10H18N4O3S. The number of fused-ring (bicyclic) bond motifs is 1. The van der Waals surface area contributed by atoms with Crippen LogP contribution >= 0.6 is 0 Å². The van der Waals surface area contributed by atoms with Crippen LogP contribution in [0.25, 0.3) is 0 Å². The third-order valence-corrected chi connectivity index (χ3v) is 6.29. The topological polar surface area (TPSA) is 81.8 Å². The second kappa shape index (κ2) is 4.36. The van der Waals surface area contributed by atoms with E-state index in [2.05, 4.69) is 10.6 Å². The van der Waals surface area contributed by atoms with Crippen LogP contribution < -0.4 is 10.6 Å². The van der Waals surface area contributed by atoms with E-state index in [1.54, 1.807) is 9.21 Å². The first-order valence-electron chi connectivity index (χ1n) is 6.33. The van der Waals surface area contributed by atoms with Crippen LogP contribution in [0.5, 0.6) is 0 Å². The lowest BCUT2D eigenvalue weighted by molar-refractivity contribution is 0.164. The number of amides is 2. The summed E-state index contributed by atoms with van der Waals surface area (Å²) in [5, 5.41) is 5.55. The number of nitrogens with zero attached hydrogens (tertiary/aromatic N) is 2. The average molecular weight is 274 g/mol. The summed E-state index contributed by atoms with van der Waals surface area (Å²) in [7, 11) is -3.21. The van der Waals surface area contributed by atoms with Crippen LogP contribution in [0.2, 0.25) is 0 Å². The summed E-state index contributed by atoms with van der Waals surface area (Å²) in [5.74, 6) is 0. The fourth-order valence-electron chi connectivity index (χ4n) is 2.90.